The van der Waals surface area contributed by atoms with Gasteiger partial charge in [-0.15, -0.1) is 5.10 Å². The van der Waals surface area contributed by atoms with Gasteiger partial charge in [-0.05, 0) is 35.6 Å². The van der Waals surface area contributed by atoms with Crippen LogP contribution in [0, 0.1) is 0 Å². The maximum atomic E-state index is 12.4. The van der Waals surface area contributed by atoms with Gasteiger partial charge in [0.25, 0.3) is 5.91 Å². The predicted octanol–water partition coefficient (Wildman–Crippen LogP) is 3.20. The number of carbonyl (C=O) groups excluding carboxylic acids is 1. The molecule has 0 saturated heterocycles. The van der Waals surface area contributed by atoms with Crippen molar-refractivity contribution in [1.82, 2.24) is 9.59 Å². The Morgan fingerprint density at radius 2 is 2.19 bits per heavy atom. The summed E-state index contributed by atoms with van der Waals surface area (Å²) in [4.78, 5) is 13.0. The van der Waals surface area contributed by atoms with Gasteiger partial charge >= 0.3 is 0 Å². The molecular formula is C13H13ClN4OS2. The lowest BCUT2D eigenvalue weighted by molar-refractivity contribution is 0.102. The van der Waals surface area contributed by atoms with Crippen molar-refractivity contribution < 1.29 is 4.79 Å². The number of hydrogen-bond acceptors (Lipinski definition) is 5. The minimum Gasteiger partial charge on any atom is -0.389 e. The Morgan fingerprint density at radius 1 is 1.48 bits per heavy atom. The lowest BCUT2D eigenvalue weighted by atomic mass is 10.1. The summed E-state index contributed by atoms with van der Waals surface area (Å²) in [6.07, 6.45) is 0. The first-order valence-corrected chi connectivity index (χ1v) is 7.69. The molecule has 5 nitrogen and oxygen atoms in total. The molecule has 1 amide bonds. The van der Waals surface area contributed by atoms with E-state index in [1.165, 1.54) is 0 Å². The van der Waals surface area contributed by atoms with Gasteiger partial charge < -0.3 is 11.1 Å². The number of nitrogens with two attached hydrogens (primary N) is 1. The van der Waals surface area contributed by atoms with E-state index in [2.05, 4.69) is 14.9 Å². The largest absolute Gasteiger partial charge is 0.389 e. The Morgan fingerprint density at radius 3 is 2.81 bits per heavy atom. The highest BCUT2D eigenvalue weighted by atomic mass is 35.5. The minimum absolute atomic E-state index is 0.110. The number of anilines is 1. The average molecular weight is 341 g/mol. The Balaban J connectivity index is 2.33. The minimum atomic E-state index is -0.298. The van der Waals surface area contributed by atoms with Crippen LogP contribution >= 0.6 is 35.4 Å². The molecule has 0 aliphatic heterocycles. The van der Waals surface area contributed by atoms with Gasteiger partial charge in [-0.2, -0.15) is 0 Å². The van der Waals surface area contributed by atoms with Gasteiger partial charge in [0, 0.05) is 10.6 Å². The molecule has 2 rings (SSSR count). The molecule has 0 spiro atoms. The lowest BCUT2D eigenvalue weighted by Gasteiger charge is -2.10. The quantitative estimate of drug-likeness (QED) is 0.835. The van der Waals surface area contributed by atoms with Crippen LogP contribution in [0.25, 0.3) is 0 Å². The van der Waals surface area contributed by atoms with Crippen molar-refractivity contribution in [2.75, 3.05) is 5.32 Å². The molecule has 3 N–H and O–H groups in total. The summed E-state index contributed by atoms with van der Waals surface area (Å²) in [6.45, 7) is 3.90. The summed E-state index contributed by atoms with van der Waals surface area (Å²) >= 11 is 12.0. The number of benzene rings is 1. The lowest BCUT2D eigenvalue weighted by Crippen LogP contribution is -2.18. The van der Waals surface area contributed by atoms with Crippen molar-refractivity contribution in [2.45, 2.75) is 19.8 Å². The highest BCUT2D eigenvalue weighted by Crippen LogP contribution is 2.24. The zero-order valence-corrected chi connectivity index (χ0v) is 13.8. The topological polar surface area (TPSA) is 80.9 Å². The molecule has 21 heavy (non-hydrogen) atoms. The van der Waals surface area contributed by atoms with E-state index in [0.29, 0.717) is 26.8 Å². The maximum absolute atomic E-state index is 12.4. The van der Waals surface area contributed by atoms with Gasteiger partial charge in [0.05, 0.1) is 11.4 Å². The van der Waals surface area contributed by atoms with Crippen LogP contribution in [0.4, 0.5) is 5.69 Å². The molecule has 0 radical (unpaired) electrons. The van der Waals surface area contributed by atoms with E-state index in [9.17, 15) is 4.79 Å². The van der Waals surface area contributed by atoms with Gasteiger partial charge in [-0.3, -0.25) is 4.79 Å². The number of aromatic nitrogens is 2. The molecule has 0 fully saturated rings. The number of halogens is 1. The third-order valence-electron chi connectivity index (χ3n) is 2.76. The summed E-state index contributed by atoms with van der Waals surface area (Å²) in [5, 5.41) is 7.24. The first-order chi connectivity index (χ1) is 9.90. The first kappa shape index (κ1) is 15.8. The summed E-state index contributed by atoms with van der Waals surface area (Å²) < 4.78 is 3.84. The summed E-state index contributed by atoms with van der Waals surface area (Å²) in [5.41, 5.74) is 7.35. The molecular weight excluding hydrogens is 328 g/mol. The van der Waals surface area contributed by atoms with E-state index in [-0.39, 0.29) is 16.8 Å². The molecule has 2 aromatic rings. The van der Waals surface area contributed by atoms with Crippen LogP contribution in [-0.2, 0) is 0 Å². The van der Waals surface area contributed by atoms with Crippen molar-refractivity contribution in [3.63, 3.8) is 0 Å². The van der Waals surface area contributed by atoms with Crippen LogP contribution in [-0.4, -0.2) is 20.5 Å². The summed E-state index contributed by atoms with van der Waals surface area (Å²) in [6, 6.07) is 4.95. The van der Waals surface area contributed by atoms with Gasteiger partial charge in [-0.25, -0.2) is 0 Å². The van der Waals surface area contributed by atoms with Crippen LogP contribution in [0.3, 0.4) is 0 Å². The smallest absolute Gasteiger partial charge is 0.269 e. The van der Waals surface area contributed by atoms with Crippen LogP contribution in [0.2, 0.25) is 5.02 Å². The number of nitrogens with zero attached hydrogens (tertiary/aromatic N) is 2. The van der Waals surface area contributed by atoms with Crippen LogP contribution in [0.5, 0.6) is 0 Å². The van der Waals surface area contributed by atoms with Crippen molar-refractivity contribution in [1.29, 1.82) is 0 Å². The molecule has 110 valence electrons. The van der Waals surface area contributed by atoms with E-state index >= 15 is 0 Å². The highest BCUT2D eigenvalue weighted by Gasteiger charge is 2.20. The van der Waals surface area contributed by atoms with Crippen LogP contribution in [0.1, 0.15) is 40.7 Å². The second-order valence-corrected chi connectivity index (χ2v) is 6.28. The molecule has 0 aliphatic rings. The average Bonchev–Trinajstić information content (AvgIpc) is 2.87. The van der Waals surface area contributed by atoms with Gasteiger partial charge in [0.1, 0.15) is 9.87 Å². The van der Waals surface area contributed by atoms with Crippen LogP contribution < -0.4 is 11.1 Å². The number of rotatable bonds is 4. The fourth-order valence-corrected chi connectivity index (χ4v) is 2.81. The second kappa shape index (κ2) is 6.46. The molecule has 8 heteroatoms. The standard InChI is InChI=1S/C13H13ClN4OS2/c1-6(2)10-11(21-18-17-10)13(19)16-9-5-7(14)3-4-8(9)12(15)20/h3-6H,1-2H3,(H2,15,20)(H,16,19). The molecule has 0 saturated carbocycles. The number of thiocarbonyl (C=S) groups is 1. The number of amides is 1. The van der Waals surface area contributed by atoms with Crippen molar-refractivity contribution >= 4 is 51.9 Å². The number of carbonyl (C=O) groups is 1. The maximum Gasteiger partial charge on any atom is 0.269 e. The van der Waals surface area contributed by atoms with Crippen molar-refractivity contribution in [3.8, 4) is 0 Å². The summed E-state index contributed by atoms with van der Waals surface area (Å²) in [7, 11) is 0. The molecule has 1 aromatic carbocycles. The number of hydrogen-bond donors (Lipinski definition) is 2. The Labute approximate surface area is 136 Å². The molecule has 0 atom stereocenters. The molecule has 1 heterocycles. The highest BCUT2D eigenvalue weighted by molar-refractivity contribution is 7.80. The van der Waals surface area contributed by atoms with Gasteiger partial charge in [0.15, 0.2) is 0 Å². The molecule has 0 bridgehead atoms. The molecule has 1 aromatic heterocycles. The monoisotopic (exact) mass is 340 g/mol. The normalized spacial score (nSPS) is 10.7. The second-order valence-electron chi connectivity index (χ2n) is 4.65. The fraction of sp³-hybridized carbons (Fsp3) is 0.231. The number of nitrogens with one attached hydrogen (secondary N) is 1. The van der Waals surface area contributed by atoms with Crippen LogP contribution in [0.15, 0.2) is 18.2 Å². The van der Waals surface area contributed by atoms with Gasteiger partial charge in [0.2, 0.25) is 0 Å². The first-order valence-electron chi connectivity index (χ1n) is 6.13. The fourth-order valence-electron chi connectivity index (χ4n) is 1.75. The predicted molar refractivity (Wildman–Crippen MR) is 89.3 cm³/mol. The zero-order chi connectivity index (χ0) is 15.6. The Hall–Kier alpha value is -1.57. The van der Waals surface area contributed by atoms with Gasteiger partial charge in [-0.1, -0.05) is 42.2 Å². The Kier molecular flexibility index (Phi) is 4.87. The zero-order valence-electron chi connectivity index (χ0n) is 11.4. The van der Waals surface area contributed by atoms with Crippen molar-refractivity contribution in [2.24, 2.45) is 5.73 Å². The van der Waals surface area contributed by atoms with E-state index in [1.54, 1.807) is 18.2 Å². The molecule has 0 aliphatic carbocycles. The van der Waals surface area contributed by atoms with E-state index in [1.807, 2.05) is 13.8 Å². The summed E-state index contributed by atoms with van der Waals surface area (Å²) in [5.74, 6) is -0.188. The van der Waals surface area contributed by atoms with E-state index < -0.39 is 0 Å². The SMILES string of the molecule is CC(C)c1nnsc1C(=O)Nc1cc(Cl)ccc1C(N)=S. The third-order valence-corrected chi connectivity index (χ3v) is 3.96. The molecule has 0 unspecified atom stereocenters. The third kappa shape index (κ3) is 3.55. The van der Waals surface area contributed by atoms with E-state index in [0.717, 1.165) is 11.5 Å². The Bertz CT molecular complexity index is 699. The van der Waals surface area contributed by atoms with Crippen molar-refractivity contribution in [3.05, 3.63) is 39.4 Å². The van der Waals surface area contributed by atoms with E-state index in [4.69, 9.17) is 29.6 Å².